The Balaban J connectivity index is 1.88. The lowest BCUT2D eigenvalue weighted by molar-refractivity contribution is -0.0695. The van der Waals surface area contributed by atoms with Crippen molar-refractivity contribution in [2.45, 2.75) is 38.3 Å². The van der Waals surface area contributed by atoms with Crippen LogP contribution in [-0.2, 0) is 11.3 Å². The molecule has 0 amide bonds. The van der Waals surface area contributed by atoms with Crippen LogP contribution in [-0.4, -0.2) is 30.3 Å². The van der Waals surface area contributed by atoms with Crippen LogP contribution in [0, 0.1) is 6.92 Å². The summed E-state index contributed by atoms with van der Waals surface area (Å²) in [6.07, 6.45) is 3.45. The second-order valence-corrected chi connectivity index (χ2v) is 6.10. The summed E-state index contributed by atoms with van der Waals surface area (Å²) in [6, 6.07) is 1.76. The smallest absolute Gasteiger partial charge is 0.345 e. The standard InChI is InChI=1S/C13H19NO3S/c1-9-10(6-11(18-9)12(15)16)7-14-8-13(17-2)4-3-5-13/h6,14H,3-5,7-8H2,1-2H3,(H,15,16). The summed E-state index contributed by atoms with van der Waals surface area (Å²) >= 11 is 1.34. The molecule has 1 saturated carbocycles. The van der Waals surface area contributed by atoms with E-state index < -0.39 is 5.97 Å². The summed E-state index contributed by atoms with van der Waals surface area (Å²) in [5.41, 5.74) is 1.09. The highest BCUT2D eigenvalue weighted by Gasteiger charge is 2.36. The zero-order valence-corrected chi connectivity index (χ0v) is 11.6. The molecule has 1 fully saturated rings. The van der Waals surface area contributed by atoms with Crippen molar-refractivity contribution >= 4 is 17.3 Å². The number of hydrogen-bond acceptors (Lipinski definition) is 4. The molecule has 0 radical (unpaired) electrons. The third-order valence-electron chi connectivity index (χ3n) is 3.69. The summed E-state index contributed by atoms with van der Waals surface area (Å²) < 4.78 is 5.53. The van der Waals surface area contributed by atoms with Crippen LogP contribution in [0.3, 0.4) is 0 Å². The first-order valence-corrected chi connectivity index (χ1v) is 6.96. The molecule has 0 unspecified atom stereocenters. The Morgan fingerprint density at radius 2 is 2.33 bits per heavy atom. The number of aryl methyl sites for hydroxylation is 1. The van der Waals surface area contributed by atoms with Gasteiger partial charge in [-0.1, -0.05) is 0 Å². The van der Waals surface area contributed by atoms with Gasteiger partial charge in [-0.3, -0.25) is 0 Å². The molecule has 0 saturated heterocycles. The lowest BCUT2D eigenvalue weighted by Crippen LogP contribution is -2.47. The Kier molecular flexibility index (Phi) is 4.04. The van der Waals surface area contributed by atoms with Crippen LogP contribution < -0.4 is 5.32 Å². The molecule has 4 nitrogen and oxygen atoms in total. The third kappa shape index (κ3) is 2.74. The minimum absolute atomic E-state index is 0.0134. The number of rotatable bonds is 6. The van der Waals surface area contributed by atoms with Crippen LogP contribution in [0.4, 0.5) is 0 Å². The number of ether oxygens (including phenoxy) is 1. The van der Waals surface area contributed by atoms with Crippen molar-refractivity contribution in [3.05, 3.63) is 21.4 Å². The molecule has 0 atom stereocenters. The minimum atomic E-state index is -0.846. The number of nitrogens with one attached hydrogen (secondary N) is 1. The summed E-state index contributed by atoms with van der Waals surface area (Å²) in [6.45, 7) is 3.51. The maximum Gasteiger partial charge on any atom is 0.345 e. The quantitative estimate of drug-likeness (QED) is 0.832. The van der Waals surface area contributed by atoms with E-state index in [-0.39, 0.29) is 5.60 Å². The molecule has 1 aliphatic carbocycles. The fraction of sp³-hybridized carbons (Fsp3) is 0.615. The van der Waals surface area contributed by atoms with E-state index >= 15 is 0 Å². The van der Waals surface area contributed by atoms with Gasteiger partial charge in [-0.15, -0.1) is 11.3 Å². The van der Waals surface area contributed by atoms with Crippen molar-refractivity contribution in [3.8, 4) is 0 Å². The van der Waals surface area contributed by atoms with Gasteiger partial charge in [-0.05, 0) is 37.8 Å². The van der Waals surface area contributed by atoms with Gasteiger partial charge in [0.25, 0.3) is 0 Å². The molecule has 0 bridgehead atoms. The molecule has 100 valence electrons. The van der Waals surface area contributed by atoms with Crippen molar-refractivity contribution in [2.75, 3.05) is 13.7 Å². The van der Waals surface area contributed by atoms with Crippen molar-refractivity contribution in [1.82, 2.24) is 5.32 Å². The maximum atomic E-state index is 10.9. The Morgan fingerprint density at radius 1 is 1.61 bits per heavy atom. The van der Waals surface area contributed by atoms with Crippen molar-refractivity contribution in [3.63, 3.8) is 0 Å². The van der Waals surface area contributed by atoms with E-state index in [0.29, 0.717) is 11.4 Å². The van der Waals surface area contributed by atoms with Crippen molar-refractivity contribution in [1.29, 1.82) is 0 Å². The van der Waals surface area contributed by atoms with Crippen LogP contribution in [0.15, 0.2) is 6.07 Å². The zero-order valence-electron chi connectivity index (χ0n) is 10.8. The number of hydrogen-bond donors (Lipinski definition) is 2. The van der Waals surface area contributed by atoms with Gasteiger partial charge in [0.2, 0.25) is 0 Å². The molecular weight excluding hydrogens is 250 g/mol. The van der Waals surface area contributed by atoms with Crippen LogP contribution in [0.25, 0.3) is 0 Å². The van der Waals surface area contributed by atoms with E-state index in [2.05, 4.69) is 5.32 Å². The first-order chi connectivity index (χ1) is 8.56. The maximum absolute atomic E-state index is 10.9. The first kappa shape index (κ1) is 13.5. The van der Waals surface area contributed by atoms with Gasteiger partial charge in [-0.2, -0.15) is 0 Å². The highest BCUT2D eigenvalue weighted by atomic mass is 32.1. The number of carbonyl (C=O) groups is 1. The number of carboxylic acid groups (broad SMARTS) is 1. The molecule has 1 aromatic heterocycles. The zero-order chi connectivity index (χ0) is 13.2. The van der Waals surface area contributed by atoms with E-state index in [0.717, 1.165) is 29.8 Å². The second-order valence-electron chi connectivity index (χ2n) is 4.84. The highest BCUT2D eigenvalue weighted by Crippen LogP contribution is 2.34. The van der Waals surface area contributed by atoms with E-state index in [9.17, 15) is 4.79 Å². The molecule has 2 rings (SSSR count). The molecule has 1 aromatic rings. The van der Waals surface area contributed by atoms with Crippen LogP contribution in [0.1, 0.15) is 39.4 Å². The number of thiophene rings is 1. The van der Waals surface area contributed by atoms with Crippen LogP contribution >= 0.6 is 11.3 Å². The molecule has 1 heterocycles. The second kappa shape index (κ2) is 5.38. The minimum Gasteiger partial charge on any atom is -0.477 e. The number of aromatic carboxylic acids is 1. The first-order valence-electron chi connectivity index (χ1n) is 6.15. The van der Waals surface area contributed by atoms with Gasteiger partial charge >= 0.3 is 5.97 Å². The molecule has 0 spiro atoms. The average Bonchev–Trinajstić information content (AvgIpc) is 2.64. The molecule has 2 N–H and O–H groups in total. The fourth-order valence-electron chi connectivity index (χ4n) is 2.25. The summed E-state index contributed by atoms with van der Waals surface area (Å²) in [7, 11) is 1.76. The van der Waals surface area contributed by atoms with Gasteiger partial charge in [-0.25, -0.2) is 4.79 Å². The highest BCUT2D eigenvalue weighted by molar-refractivity contribution is 7.14. The van der Waals surface area contributed by atoms with E-state index in [4.69, 9.17) is 9.84 Å². The van der Waals surface area contributed by atoms with Gasteiger partial charge in [0, 0.05) is 25.1 Å². The molecule has 0 aromatic carbocycles. The lowest BCUT2D eigenvalue weighted by Gasteiger charge is -2.40. The summed E-state index contributed by atoms with van der Waals surface area (Å²) in [4.78, 5) is 12.4. The molecular formula is C13H19NO3S. The SMILES string of the molecule is COC1(CNCc2cc(C(=O)O)sc2C)CCC1. The Morgan fingerprint density at radius 3 is 2.78 bits per heavy atom. The Hall–Kier alpha value is -0.910. The van der Waals surface area contributed by atoms with E-state index in [1.807, 2.05) is 6.92 Å². The average molecular weight is 269 g/mol. The summed E-state index contributed by atoms with van der Waals surface area (Å²) in [5.74, 6) is -0.846. The normalized spacial score (nSPS) is 17.4. The number of carboxylic acids is 1. The largest absolute Gasteiger partial charge is 0.477 e. The predicted octanol–water partition coefficient (Wildman–Crippen LogP) is 2.41. The molecule has 0 aliphatic heterocycles. The number of methoxy groups -OCH3 is 1. The van der Waals surface area contributed by atoms with E-state index in [1.165, 1.54) is 17.8 Å². The van der Waals surface area contributed by atoms with Gasteiger partial charge in [0.05, 0.1) is 5.60 Å². The topological polar surface area (TPSA) is 58.6 Å². The third-order valence-corrected chi connectivity index (χ3v) is 4.77. The van der Waals surface area contributed by atoms with Gasteiger partial charge in [0.15, 0.2) is 0 Å². The van der Waals surface area contributed by atoms with Crippen molar-refractivity contribution < 1.29 is 14.6 Å². The molecule has 1 aliphatic rings. The fourth-order valence-corrected chi connectivity index (χ4v) is 3.13. The van der Waals surface area contributed by atoms with E-state index in [1.54, 1.807) is 13.2 Å². The summed E-state index contributed by atoms with van der Waals surface area (Å²) in [5, 5.41) is 12.3. The molecule has 18 heavy (non-hydrogen) atoms. The molecule has 5 heteroatoms. The lowest BCUT2D eigenvalue weighted by atomic mass is 9.80. The van der Waals surface area contributed by atoms with Crippen LogP contribution in [0.5, 0.6) is 0 Å². The Bertz CT molecular complexity index is 432. The van der Waals surface area contributed by atoms with Gasteiger partial charge < -0.3 is 15.2 Å². The van der Waals surface area contributed by atoms with Crippen LogP contribution in [0.2, 0.25) is 0 Å². The van der Waals surface area contributed by atoms with Gasteiger partial charge in [0.1, 0.15) is 4.88 Å². The predicted molar refractivity (Wildman–Crippen MR) is 71.3 cm³/mol. The van der Waals surface area contributed by atoms with Crippen molar-refractivity contribution in [2.24, 2.45) is 0 Å². The Labute approximate surface area is 111 Å². The monoisotopic (exact) mass is 269 g/mol.